The highest BCUT2D eigenvalue weighted by Crippen LogP contribution is 2.37. The fourth-order valence-electron chi connectivity index (χ4n) is 5.26. The smallest absolute Gasteiger partial charge is 0.410 e. The first kappa shape index (κ1) is 28.3. The van der Waals surface area contributed by atoms with Crippen molar-refractivity contribution < 1.29 is 19.0 Å². The third-order valence-electron chi connectivity index (χ3n) is 7.14. The van der Waals surface area contributed by atoms with E-state index in [0.29, 0.717) is 19.1 Å². The molecule has 39 heavy (non-hydrogen) atoms. The maximum absolute atomic E-state index is 12.4. The van der Waals surface area contributed by atoms with Crippen LogP contribution in [0.25, 0.3) is 11.3 Å². The summed E-state index contributed by atoms with van der Waals surface area (Å²) in [4.78, 5) is 21.4. The van der Waals surface area contributed by atoms with Crippen molar-refractivity contribution in [2.24, 2.45) is 0 Å². The van der Waals surface area contributed by atoms with Crippen LogP contribution in [0.5, 0.6) is 11.5 Å². The number of carbonyl (C=O) groups excluding carboxylic acids is 1. The summed E-state index contributed by atoms with van der Waals surface area (Å²) in [7, 11) is 3.36. The van der Waals surface area contributed by atoms with E-state index in [-0.39, 0.29) is 12.2 Å². The minimum Gasteiger partial charge on any atom is -0.493 e. The SMILES string of the molecule is CCCc1cc(-c2cc(CN(c3ccccc3)C3CCN(C(=O)OC(C)C)CC3)ccn2)cc(OC)c1OC. The van der Waals surface area contributed by atoms with Gasteiger partial charge in [0.15, 0.2) is 11.5 Å². The van der Waals surface area contributed by atoms with E-state index in [2.05, 4.69) is 54.3 Å². The Morgan fingerprint density at radius 3 is 2.44 bits per heavy atom. The van der Waals surface area contributed by atoms with Gasteiger partial charge in [0, 0.05) is 43.1 Å². The standard InChI is InChI=1S/C32H41N3O4/c1-6-10-25-20-26(21-30(37-4)31(25)38-5)29-19-24(13-16-33-29)22-35(27-11-8-7-9-12-27)28-14-17-34(18-15-28)32(36)39-23(2)3/h7-9,11-13,16,19-21,23,28H,6,10,14-15,17-18,22H2,1-5H3. The average molecular weight is 532 g/mol. The van der Waals surface area contributed by atoms with Gasteiger partial charge in [-0.3, -0.25) is 4.98 Å². The highest BCUT2D eigenvalue weighted by Gasteiger charge is 2.28. The molecule has 0 bridgehead atoms. The Morgan fingerprint density at radius 1 is 1.05 bits per heavy atom. The zero-order valence-corrected chi connectivity index (χ0v) is 23.9. The van der Waals surface area contributed by atoms with Crippen molar-refractivity contribution in [1.82, 2.24) is 9.88 Å². The Balaban J connectivity index is 1.58. The van der Waals surface area contributed by atoms with E-state index in [0.717, 1.165) is 60.5 Å². The molecule has 7 heteroatoms. The minimum atomic E-state index is -0.217. The van der Waals surface area contributed by atoms with Gasteiger partial charge in [-0.05, 0) is 80.6 Å². The van der Waals surface area contributed by atoms with Gasteiger partial charge in [-0.1, -0.05) is 31.5 Å². The van der Waals surface area contributed by atoms with Crippen LogP contribution in [0.3, 0.4) is 0 Å². The number of carbonyl (C=O) groups is 1. The minimum absolute atomic E-state index is 0.111. The number of hydrogen-bond donors (Lipinski definition) is 0. The first-order valence-corrected chi connectivity index (χ1v) is 13.9. The molecule has 4 rings (SSSR count). The van der Waals surface area contributed by atoms with Crippen molar-refractivity contribution in [2.45, 2.75) is 65.1 Å². The van der Waals surface area contributed by atoms with Crippen LogP contribution in [0.1, 0.15) is 51.2 Å². The van der Waals surface area contributed by atoms with Crippen molar-refractivity contribution in [2.75, 3.05) is 32.2 Å². The summed E-state index contributed by atoms with van der Waals surface area (Å²) < 4.78 is 16.8. The van der Waals surface area contributed by atoms with Crippen molar-refractivity contribution in [3.63, 3.8) is 0 Å². The van der Waals surface area contributed by atoms with Gasteiger partial charge in [0.1, 0.15) is 0 Å². The molecule has 3 aromatic rings. The third-order valence-corrected chi connectivity index (χ3v) is 7.14. The number of likely N-dealkylation sites (tertiary alicyclic amines) is 1. The fraction of sp³-hybridized carbons (Fsp3) is 0.438. The number of benzene rings is 2. The van der Waals surface area contributed by atoms with E-state index >= 15 is 0 Å². The van der Waals surface area contributed by atoms with Crippen LogP contribution in [0.2, 0.25) is 0 Å². The van der Waals surface area contributed by atoms with E-state index in [1.54, 1.807) is 14.2 Å². The predicted molar refractivity (Wildman–Crippen MR) is 156 cm³/mol. The topological polar surface area (TPSA) is 64.1 Å². The summed E-state index contributed by atoms with van der Waals surface area (Å²) in [5.74, 6) is 1.51. The normalized spacial score (nSPS) is 13.8. The van der Waals surface area contributed by atoms with Crippen LogP contribution in [-0.2, 0) is 17.7 Å². The van der Waals surface area contributed by atoms with Crippen LogP contribution in [0.4, 0.5) is 10.5 Å². The monoisotopic (exact) mass is 531 g/mol. The van der Waals surface area contributed by atoms with Crippen molar-refractivity contribution >= 4 is 11.8 Å². The van der Waals surface area contributed by atoms with E-state index in [1.165, 1.54) is 11.3 Å². The Bertz CT molecular complexity index is 1220. The zero-order chi connectivity index (χ0) is 27.8. The number of hydrogen-bond acceptors (Lipinski definition) is 6. The van der Waals surface area contributed by atoms with Gasteiger partial charge in [-0.25, -0.2) is 4.79 Å². The molecule has 1 amide bonds. The number of piperidine rings is 1. The largest absolute Gasteiger partial charge is 0.493 e. The summed E-state index contributed by atoms with van der Waals surface area (Å²) in [6, 6.07) is 19.3. The summed E-state index contributed by atoms with van der Waals surface area (Å²) in [5.41, 5.74) is 5.40. The Morgan fingerprint density at radius 2 is 1.79 bits per heavy atom. The maximum Gasteiger partial charge on any atom is 0.410 e. The van der Waals surface area contributed by atoms with E-state index in [4.69, 9.17) is 19.2 Å². The molecule has 0 N–H and O–H groups in total. The number of para-hydroxylation sites is 1. The number of methoxy groups -OCH3 is 2. The molecule has 1 aliphatic rings. The molecule has 1 fully saturated rings. The molecule has 208 valence electrons. The molecule has 0 spiro atoms. The number of pyridine rings is 1. The van der Waals surface area contributed by atoms with Gasteiger partial charge < -0.3 is 24.0 Å². The number of aromatic nitrogens is 1. The number of nitrogens with zero attached hydrogens (tertiary/aromatic N) is 3. The zero-order valence-electron chi connectivity index (χ0n) is 23.9. The molecule has 2 aromatic carbocycles. The van der Waals surface area contributed by atoms with Crippen LogP contribution < -0.4 is 14.4 Å². The van der Waals surface area contributed by atoms with E-state index in [9.17, 15) is 4.79 Å². The molecule has 1 aromatic heterocycles. The number of ether oxygens (including phenoxy) is 3. The van der Waals surface area contributed by atoms with Crippen LogP contribution in [0.15, 0.2) is 60.8 Å². The highest BCUT2D eigenvalue weighted by molar-refractivity contribution is 5.68. The molecule has 0 radical (unpaired) electrons. The van der Waals surface area contributed by atoms with Gasteiger partial charge in [-0.2, -0.15) is 0 Å². The molecular formula is C32H41N3O4. The highest BCUT2D eigenvalue weighted by atomic mass is 16.6. The lowest BCUT2D eigenvalue weighted by molar-refractivity contribution is 0.0690. The van der Waals surface area contributed by atoms with Gasteiger partial charge in [0.2, 0.25) is 0 Å². The van der Waals surface area contributed by atoms with E-state index in [1.807, 2.05) is 37.1 Å². The van der Waals surface area contributed by atoms with Crippen LogP contribution >= 0.6 is 0 Å². The lowest BCUT2D eigenvalue weighted by Crippen LogP contribution is -2.47. The number of amides is 1. The molecule has 2 heterocycles. The summed E-state index contributed by atoms with van der Waals surface area (Å²) in [5, 5.41) is 0. The lowest BCUT2D eigenvalue weighted by atomic mass is 10.00. The van der Waals surface area contributed by atoms with Gasteiger partial charge in [-0.15, -0.1) is 0 Å². The first-order valence-electron chi connectivity index (χ1n) is 13.9. The number of anilines is 1. The fourth-order valence-corrected chi connectivity index (χ4v) is 5.26. The second-order valence-electron chi connectivity index (χ2n) is 10.3. The Labute approximate surface area is 232 Å². The molecule has 1 saturated heterocycles. The summed E-state index contributed by atoms with van der Waals surface area (Å²) in [6.07, 6.45) is 5.24. The van der Waals surface area contributed by atoms with Crippen LogP contribution in [0, 0.1) is 0 Å². The number of aryl methyl sites for hydroxylation is 1. The Kier molecular flexibility index (Phi) is 9.69. The van der Waals surface area contributed by atoms with E-state index < -0.39 is 0 Å². The van der Waals surface area contributed by atoms with Crippen molar-refractivity contribution in [3.8, 4) is 22.8 Å². The predicted octanol–water partition coefficient (Wildman–Crippen LogP) is 6.73. The molecule has 0 saturated carbocycles. The Hall–Kier alpha value is -3.74. The number of rotatable bonds is 10. The second-order valence-corrected chi connectivity index (χ2v) is 10.3. The summed E-state index contributed by atoms with van der Waals surface area (Å²) >= 11 is 0. The van der Waals surface area contributed by atoms with Gasteiger partial charge in [0.25, 0.3) is 0 Å². The molecule has 0 aliphatic carbocycles. The van der Waals surface area contributed by atoms with Crippen LogP contribution in [-0.4, -0.2) is 55.4 Å². The van der Waals surface area contributed by atoms with Crippen molar-refractivity contribution in [1.29, 1.82) is 0 Å². The molecule has 1 aliphatic heterocycles. The van der Waals surface area contributed by atoms with Gasteiger partial charge in [0.05, 0.1) is 26.0 Å². The average Bonchev–Trinajstić information content (AvgIpc) is 2.96. The van der Waals surface area contributed by atoms with Crippen molar-refractivity contribution in [3.05, 3.63) is 71.9 Å². The molecule has 0 unspecified atom stereocenters. The second kappa shape index (κ2) is 13.4. The third kappa shape index (κ3) is 7.02. The first-order chi connectivity index (χ1) is 18.9. The quantitative estimate of drug-likeness (QED) is 0.289. The summed E-state index contributed by atoms with van der Waals surface area (Å²) in [6.45, 7) is 8.05. The lowest BCUT2D eigenvalue weighted by Gasteiger charge is -2.39. The molecule has 7 nitrogen and oxygen atoms in total. The molecule has 0 atom stereocenters. The molecular weight excluding hydrogens is 490 g/mol. The maximum atomic E-state index is 12.4. The van der Waals surface area contributed by atoms with Gasteiger partial charge >= 0.3 is 6.09 Å².